The Labute approximate surface area is 255 Å². The van der Waals surface area contributed by atoms with Gasteiger partial charge in [0.05, 0.1) is 31.0 Å². The summed E-state index contributed by atoms with van der Waals surface area (Å²) in [6.45, 7) is 11.8. The number of aliphatic hydroxyl groups excluding tert-OH is 3. The molecule has 0 saturated carbocycles. The number of aliphatic hydroxyl groups is 4. The summed E-state index contributed by atoms with van der Waals surface area (Å²) >= 11 is 0. The first-order valence-corrected chi connectivity index (χ1v) is 16.0. The molecule has 43 heavy (non-hydrogen) atoms. The second-order valence-corrected chi connectivity index (χ2v) is 13.7. The van der Waals surface area contributed by atoms with Crippen molar-refractivity contribution < 1.29 is 44.2 Å². The maximum absolute atomic E-state index is 14.0. The lowest BCUT2D eigenvalue weighted by Gasteiger charge is -2.52. The molecule has 0 amide bonds. The highest BCUT2D eigenvalue weighted by Crippen LogP contribution is 2.48. The number of esters is 1. The molecule has 0 radical (unpaired) electrons. The van der Waals surface area contributed by atoms with Crippen molar-refractivity contribution in [1.82, 2.24) is 0 Å². The first-order chi connectivity index (χ1) is 20.3. The van der Waals surface area contributed by atoms with Gasteiger partial charge in [-0.3, -0.25) is 4.79 Å². The van der Waals surface area contributed by atoms with Crippen LogP contribution in [-0.2, 0) is 23.7 Å². The first kappa shape index (κ1) is 32.5. The number of hydrogen-bond donors (Lipinski definition) is 4. The molecule has 5 aliphatic rings. The van der Waals surface area contributed by atoms with E-state index in [1.54, 1.807) is 25.2 Å². The lowest BCUT2D eigenvalue weighted by molar-refractivity contribution is -0.354. The fourth-order valence-electron chi connectivity index (χ4n) is 7.57. The van der Waals surface area contributed by atoms with Gasteiger partial charge in [-0.1, -0.05) is 64.5 Å². The van der Waals surface area contributed by atoms with Crippen molar-refractivity contribution in [1.29, 1.82) is 0 Å². The number of rotatable bonds is 2. The van der Waals surface area contributed by atoms with Crippen molar-refractivity contribution >= 4 is 5.97 Å². The Balaban J connectivity index is 1.54. The fourth-order valence-corrected chi connectivity index (χ4v) is 7.57. The zero-order valence-electron chi connectivity index (χ0n) is 26.3. The first-order valence-electron chi connectivity index (χ1n) is 16.0. The molecular weight excluding hydrogens is 552 g/mol. The van der Waals surface area contributed by atoms with E-state index in [-0.39, 0.29) is 43.3 Å². The molecule has 4 N–H and O–H groups in total. The molecule has 0 aromatic heterocycles. The maximum atomic E-state index is 14.0. The van der Waals surface area contributed by atoms with Gasteiger partial charge in [-0.05, 0) is 42.9 Å². The minimum absolute atomic E-state index is 0.0483. The molecule has 1 aliphatic carbocycles. The van der Waals surface area contributed by atoms with Gasteiger partial charge in [0.2, 0.25) is 0 Å². The summed E-state index contributed by atoms with van der Waals surface area (Å²) in [5.41, 5.74) is -0.00894. The van der Waals surface area contributed by atoms with Crippen molar-refractivity contribution in [2.75, 3.05) is 6.61 Å². The van der Waals surface area contributed by atoms with Crippen molar-refractivity contribution in [2.24, 2.45) is 23.7 Å². The topological polar surface area (TPSA) is 135 Å². The normalized spacial score (nSPS) is 46.4. The molecule has 9 nitrogen and oxygen atoms in total. The molecule has 240 valence electrons. The molecule has 4 aliphatic heterocycles. The smallest absolute Gasteiger partial charge is 0.316 e. The van der Waals surface area contributed by atoms with Crippen LogP contribution in [0.5, 0.6) is 0 Å². The SMILES string of the molecule is CCC(C)C1OC2(CC3CC(CC=C(C)C(O)C(C)C=CC=C4COC5C(O)C(C)=CC(C(=O)O3)C45O)O2)CC(O)C1C. The molecule has 1 spiro atoms. The van der Waals surface area contributed by atoms with Crippen molar-refractivity contribution in [3.05, 3.63) is 47.1 Å². The molecule has 3 saturated heterocycles. The van der Waals surface area contributed by atoms with E-state index in [9.17, 15) is 25.2 Å². The summed E-state index contributed by atoms with van der Waals surface area (Å²) < 4.78 is 25.4. The molecule has 0 aromatic rings. The van der Waals surface area contributed by atoms with Gasteiger partial charge < -0.3 is 39.4 Å². The number of ether oxygens (including phenoxy) is 4. The number of carbonyl (C=O) groups excluding carboxylic acids is 1. The third-order valence-corrected chi connectivity index (χ3v) is 10.6. The lowest BCUT2D eigenvalue weighted by Crippen LogP contribution is -2.60. The minimum Gasteiger partial charge on any atom is -0.462 e. The summed E-state index contributed by atoms with van der Waals surface area (Å²) in [6, 6.07) is 0. The molecule has 9 heteroatoms. The predicted molar refractivity (Wildman–Crippen MR) is 160 cm³/mol. The third-order valence-electron chi connectivity index (χ3n) is 10.6. The third kappa shape index (κ3) is 6.07. The average Bonchev–Trinajstić information content (AvgIpc) is 3.30. The molecule has 0 aromatic carbocycles. The minimum atomic E-state index is -1.80. The Morgan fingerprint density at radius 1 is 1.05 bits per heavy atom. The summed E-state index contributed by atoms with van der Waals surface area (Å²) in [5.74, 6) is -2.97. The second-order valence-electron chi connectivity index (χ2n) is 13.7. The van der Waals surface area contributed by atoms with Crippen LogP contribution < -0.4 is 0 Å². The van der Waals surface area contributed by atoms with Crippen molar-refractivity contribution in [3.8, 4) is 0 Å². The Morgan fingerprint density at radius 3 is 2.51 bits per heavy atom. The monoisotopic (exact) mass is 602 g/mol. The Morgan fingerprint density at radius 2 is 1.79 bits per heavy atom. The fraction of sp³-hybridized carbons (Fsp3) is 0.735. The lowest BCUT2D eigenvalue weighted by atomic mass is 9.71. The van der Waals surface area contributed by atoms with E-state index < -0.39 is 59.9 Å². The van der Waals surface area contributed by atoms with Crippen LogP contribution >= 0.6 is 0 Å². The van der Waals surface area contributed by atoms with Crippen LogP contribution in [0.1, 0.15) is 73.6 Å². The molecule has 4 heterocycles. The summed E-state index contributed by atoms with van der Waals surface area (Å²) in [6.07, 6.45) is 6.40. The van der Waals surface area contributed by atoms with Gasteiger partial charge in [0.25, 0.3) is 0 Å². The highest BCUT2D eigenvalue weighted by Gasteiger charge is 2.60. The molecule has 3 fully saturated rings. The van der Waals surface area contributed by atoms with Crippen molar-refractivity contribution in [2.45, 2.75) is 128 Å². The molecular formula is C34H50O9. The largest absolute Gasteiger partial charge is 0.462 e. The van der Waals surface area contributed by atoms with Crippen LogP contribution in [0.25, 0.3) is 0 Å². The van der Waals surface area contributed by atoms with Gasteiger partial charge >= 0.3 is 5.97 Å². The van der Waals surface area contributed by atoms with Crippen LogP contribution in [0.15, 0.2) is 47.1 Å². The van der Waals surface area contributed by atoms with Gasteiger partial charge in [-0.25, -0.2) is 0 Å². The molecule has 13 atom stereocenters. The Hall–Kier alpha value is -1.85. The zero-order chi connectivity index (χ0) is 31.3. The van der Waals surface area contributed by atoms with Gasteiger partial charge in [-0.15, -0.1) is 0 Å². The van der Waals surface area contributed by atoms with Gasteiger partial charge in [0, 0.05) is 31.1 Å². The predicted octanol–water partition coefficient (Wildman–Crippen LogP) is 3.50. The number of allylic oxidation sites excluding steroid dienone is 2. The number of hydrogen-bond acceptors (Lipinski definition) is 9. The summed E-state index contributed by atoms with van der Waals surface area (Å²) in [7, 11) is 0. The van der Waals surface area contributed by atoms with E-state index in [1.807, 2.05) is 32.9 Å². The average molecular weight is 603 g/mol. The van der Waals surface area contributed by atoms with Crippen LogP contribution in [0.3, 0.4) is 0 Å². The Bertz CT molecular complexity index is 1170. The highest BCUT2D eigenvalue weighted by molar-refractivity contribution is 5.78. The highest BCUT2D eigenvalue weighted by atomic mass is 16.7. The molecule has 13 unspecified atom stereocenters. The maximum Gasteiger partial charge on any atom is 0.316 e. The summed E-state index contributed by atoms with van der Waals surface area (Å²) in [5, 5.41) is 45.2. The van der Waals surface area contributed by atoms with Crippen molar-refractivity contribution in [3.63, 3.8) is 0 Å². The van der Waals surface area contributed by atoms with Crippen LogP contribution in [0.2, 0.25) is 0 Å². The van der Waals surface area contributed by atoms with Gasteiger partial charge in [0.1, 0.15) is 29.8 Å². The van der Waals surface area contributed by atoms with Crippen LogP contribution in [-0.4, -0.2) is 87.1 Å². The summed E-state index contributed by atoms with van der Waals surface area (Å²) in [4.78, 5) is 14.0. The quantitative estimate of drug-likeness (QED) is 0.277. The number of carbonyl (C=O) groups is 1. The van der Waals surface area contributed by atoms with E-state index in [1.165, 1.54) is 0 Å². The van der Waals surface area contributed by atoms with Gasteiger partial charge in [0.15, 0.2) is 5.79 Å². The Kier molecular flexibility index (Phi) is 9.46. The van der Waals surface area contributed by atoms with E-state index >= 15 is 0 Å². The van der Waals surface area contributed by atoms with Crippen LogP contribution in [0.4, 0.5) is 0 Å². The van der Waals surface area contributed by atoms with E-state index in [2.05, 4.69) is 13.8 Å². The second kappa shape index (κ2) is 12.5. The van der Waals surface area contributed by atoms with Crippen LogP contribution in [0, 0.1) is 23.7 Å². The zero-order valence-corrected chi connectivity index (χ0v) is 26.3. The van der Waals surface area contributed by atoms with E-state index in [0.29, 0.717) is 24.0 Å². The number of fused-ring (bicyclic) bond motifs is 2. The van der Waals surface area contributed by atoms with Gasteiger partial charge in [-0.2, -0.15) is 0 Å². The van der Waals surface area contributed by atoms with E-state index in [0.717, 1.165) is 12.0 Å². The van der Waals surface area contributed by atoms with E-state index in [4.69, 9.17) is 18.9 Å². The molecule has 5 rings (SSSR count). The standard InChI is InChI=1S/C34H50O9/c1-7-18(2)30-22(6)27(35)16-33(43-30)15-25-14-24(42-33)12-11-20(4)28(36)19(3)9-8-10-23-17-40-31-29(37)21(5)13-26(32(38)41-25)34(23,31)39/h8-11,13,18-19,22,24-31,35-37,39H,7,12,14-17H2,1-6H3. The molecule has 2 bridgehead atoms.